The van der Waals surface area contributed by atoms with E-state index < -0.39 is 6.10 Å². The molecule has 3 aromatic carbocycles. The van der Waals surface area contributed by atoms with Gasteiger partial charge in [0.25, 0.3) is 11.5 Å². The predicted molar refractivity (Wildman–Crippen MR) is 155 cm³/mol. The Hall–Kier alpha value is -4.26. The van der Waals surface area contributed by atoms with E-state index in [0.29, 0.717) is 17.2 Å². The van der Waals surface area contributed by atoms with Gasteiger partial charge in [0.15, 0.2) is 6.10 Å². The van der Waals surface area contributed by atoms with E-state index in [4.69, 9.17) is 9.47 Å². The Balaban J connectivity index is 1.38. The van der Waals surface area contributed by atoms with Gasteiger partial charge in [0.05, 0.1) is 5.69 Å². The van der Waals surface area contributed by atoms with Crippen molar-refractivity contribution in [2.75, 3.05) is 5.32 Å². The summed E-state index contributed by atoms with van der Waals surface area (Å²) in [7, 11) is 0. The summed E-state index contributed by atoms with van der Waals surface area (Å²) in [6.07, 6.45) is -0.758. The number of aromatic amines is 1. The monoisotopic (exact) mass is 527 g/mol. The zero-order valence-electron chi connectivity index (χ0n) is 23.7. The van der Waals surface area contributed by atoms with Crippen molar-refractivity contribution >= 4 is 11.7 Å². The number of ether oxygens (including phenoxy) is 2. The van der Waals surface area contributed by atoms with Gasteiger partial charge in [-0.3, -0.25) is 14.7 Å². The molecule has 2 N–H and O–H groups in total. The molecule has 0 aliphatic heterocycles. The van der Waals surface area contributed by atoms with Crippen LogP contribution < -0.4 is 20.3 Å². The molecule has 0 spiro atoms. The minimum absolute atomic E-state index is 0.0340. The lowest BCUT2D eigenvalue weighted by Gasteiger charge is -2.20. The molecular weight excluding hydrogens is 490 g/mol. The molecule has 4 rings (SSSR count). The fourth-order valence-electron chi connectivity index (χ4n) is 4.00. The smallest absolute Gasteiger partial charge is 0.273 e. The zero-order valence-corrected chi connectivity index (χ0v) is 23.7. The van der Waals surface area contributed by atoms with E-state index in [2.05, 4.69) is 64.1 Å². The number of nitrogens with one attached hydrogen (secondary N) is 2. The number of hydrogen-bond acceptors (Lipinski definition) is 4. The maximum atomic E-state index is 12.7. The fraction of sp³-hybridized carbons (Fsp3) is 0.312. The molecule has 7 heteroatoms. The molecule has 204 valence electrons. The maximum absolute atomic E-state index is 12.7. The minimum Gasteiger partial charge on any atom is -0.481 e. The highest BCUT2D eigenvalue weighted by atomic mass is 16.5. The summed E-state index contributed by atoms with van der Waals surface area (Å²) in [6, 6.07) is 24.2. The summed E-state index contributed by atoms with van der Waals surface area (Å²) < 4.78 is 13.1. The Bertz CT molecular complexity index is 1470. The summed E-state index contributed by atoms with van der Waals surface area (Å²) in [5.74, 6) is 1.90. The number of carbonyl (C=O) groups is 1. The van der Waals surface area contributed by atoms with Gasteiger partial charge in [-0.15, -0.1) is 0 Å². The molecule has 1 atom stereocenters. The van der Waals surface area contributed by atoms with Crippen LogP contribution in [-0.2, 0) is 15.6 Å². The van der Waals surface area contributed by atoms with Crippen LogP contribution in [0.15, 0.2) is 83.7 Å². The molecule has 0 bridgehead atoms. The second-order valence-corrected chi connectivity index (χ2v) is 11.7. The van der Waals surface area contributed by atoms with Crippen LogP contribution in [0.25, 0.3) is 5.69 Å². The molecule has 0 saturated heterocycles. The number of hydrogen-bond donors (Lipinski definition) is 2. The number of amides is 1. The first-order valence-corrected chi connectivity index (χ1v) is 13.1. The van der Waals surface area contributed by atoms with Crippen LogP contribution in [0.4, 0.5) is 5.82 Å². The van der Waals surface area contributed by atoms with Crippen molar-refractivity contribution in [3.63, 3.8) is 0 Å². The standard InChI is InChI=1S/C32H37N3O4/c1-21(38-25-14-8-22(9-15-25)31(2,3)4)30(37)33-28-20-29(36)35(34-28)24-12-18-27(19-13-24)39-26-16-10-23(11-17-26)32(5,6)7/h8-21,34H,1-7H3,(H,33,37). The van der Waals surface area contributed by atoms with Crippen molar-refractivity contribution in [2.24, 2.45) is 0 Å². The van der Waals surface area contributed by atoms with Crippen LogP contribution in [0, 0.1) is 0 Å². The third-order valence-corrected chi connectivity index (χ3v) is 6.43. The summed E-state index contributed by atoms with van der Waals surface area (Å²) in [4.78, 5) is 25.3. The van der Waals surface area contributed by atoms with E-state index in [0.717, 1.165) is 5.75 Å². The summed E-state index contributed by atoms with van der Waals surface area (Å²) >= 11 is 0. The lowest BCUT2D eigenvalue weighted by Crippen LogP contribution is -2.30. The first-order chi connectivity index (χ1) is 18.3. The molecule has 4 aromatic rings. The van der Waals surface area contributed by atoms with Crippen LogP contribution in [0.5, 0.6) is 17.2 Å². The molecule has 1 amide bonds. The van der Waals surface area contributed by atoms with E-state index in [-0.39, 0.29) is 28.1 Å². The van der Waals surface area contributed by atoms with E-state index in [1.165, 1.54) is 21.9 Å². The summed E-state index contributed by atoms with van der Waals surface area (Å²) in [5.41, 5.74) is 2.83. The van der Waals surface area contributed by atoms with Gasteiger partial charge in [-0.05, 0) is 77.4 Å². The maximum Gasteiger partial charge on any atom is 0.273 e. The number of nitrogens with zero attached hydrogens (tertiary/aromatic N) is 1. The zero-order chi connectivity index (χ0) is 28.4. The second-order valence-electron chi connectivity index (χ2n) is 11.7. The first-order valence-electron chi connectivity index (χ1n) is 13.1. The molecule has 1 aromatic heterocycles. The minimum atomic E-state index is -0.758. The first kappa shape index (κ1) is 27.8. The quantitative estimate of drug-likeness (QED) is 0.272. The van der Waals surface area contributed by atoms with Gasteiger partial charge in [-0.1, -0.05) is 65.8 Å². The number of rotatable bonds is 7. The molecule has 7 nitrogen and oxygen atoms in total. The SMILES string of the molecule is CC(Oc1ccc(C(C)(C)C)cc1)C(=O)Nc1cc(=O)n(-c2ccc(Oc3ccc(C(C)(C)C)cc3)cc2)[nH]1. The number of anilines is 1. The van der Waals surface area contributed by atoms with E-state index in [1.807, 2.05) is 36.4 Å². The highest BCUT2D eigenvalue weighted by Gasteiger charge is 2.18. The van der Waals surface area contributed by atoms with Crippen LogP contribution in [0.2, 0.25) is 0 Å². The lowest BCUT2D eigenvalue weighted by atomic mass is 9.87. The molecule has 0 radical (unpaired) electrons. The van der Waals surface area contributed by atoms with Crippen LogP contribution in [0.3, 0.4) is 0 Å². The Kier molecular flexibility index (Phi) is 7.72. The Morgan fingerprint density at radius 2 is 1.23 bits per heavy atom. The largest absolute Gasteiger partial charge is 0.481 e. The van der Waals surface area contributed by atoms with Crippen molar-refractivity contribution in [1.82, 2.24) is 9.78 Å². The topological polar surface area (TPSA) is 85.3 Å². The average molecular weight is 528 g/mol. The van der Waals surface area contributed by atoms with Crippen molar-refractivity contribution in [3.05, 3.63) is 100 Å². The van der Waals surface area contributed by atoms with Gasteiger partial charge >= 0.3 is 0 Å². The van der Waals surface area contributed by atoms with Gasteiger partial charge < -0.3 is 14.8 Å². The Morgan fingerprint density at radius 1 is 0.769 bits per heavy atom. The second kappa shape index (κ2) is 10.8. The van der Waals surface area contributed by atoms with E-state index in [9.17, 15) is 9.59 Å². The predicted octanol–water partition coefficient (Wildman–Crippen LogP) is 6.96. The number of carbonyl (C=O) groups excluding carboxylic acids is 1. The van der Waals surface area contributed by atoms with Gasteiger partial charge in [0.2, 0.25) is 0 Å². The molecule has 0 fully saturated rings. The Morgan fingerprint density at radius 3 is 1.72 bits per heavy atom. The molecular formula is C32H37N3O4. The Labute approximate surface area is 229 Å². The summed E-state index contributed by atoms with van der Waals surface area (Å²) in [5, 5.41) is 5.66. The van der Waals surface area contributed by atoms with Crippen LogP contribution in [-0.4, -0.2) is 21.8 Å². The average Bonchev–Trinajstić information content (AvgIpc) is 3.23. The van der Waals surface area contributed by atoms with Crippen molar-refractivity contribution in [1.29, 1.82) is 0 Å². The van der Waals surface area contributed by atoms with Crippen LogP contribution in [0.1, 0.15) is 59.6 Å². The van der Waals surface area contributed by atoms with E-state index >= 15 is 0 Å². The molecule has 0 aliphatic rings. The van der Waals surface area contributed by atoms with Crippen LogP contribution >= 0.6 is 0 Å². The highest BCUT2D eigenvalue weighted by Crippen LogP contribution is 2.28. The molecule has 0 aliphatic carbocycles. The third kappa shape index (κ3) is 6.99. The normalized spacial score (nSPS) is 12.6. The van der Waals surface area contributed by atoms with Crippen molar-refractivity contribution < 1.29 is 14.3 Å². The number of H-pyrrole nitrogens is 1. The van der Waals surface area contributed by atoms with Gasteiger partial charge in [-0.2, -0.15) is 0 Å². The third-order valence-electron chi connectivity index (χ3n) is 6.43. The summed E-state index contributed by atoms with van der Waals surface area (Å²) in [6.45, 7) is 14.6. The fourth-order valence-corrected chi connectivity index (χ4v) is 4.00. The lowest BCUT2D eigenvalue weighted by molar-refractivity contribution is -0.122. The van der Waals surface area contributed by atoms with Gasteiger partial charge in [0.1, 0.15) is 23.1 Å². The number of benzene rings is 3. The highest BCUT2D eigenvalue weighted by molar-refractivity contribution is 5.93. The van der Waals surface area contributed by atoms with E-state index in [1.54, 1.807) is 31.2 Å². The van der Waals surface area contributed by atoms with Gasteiger partial charge in [0, 0.05) is 6.07 Å². The van der Waals surface area contributed by atoms with Gasteiger partial charge in [-0.25, -0.2) is 4.68 Å². The van der Waals surface area contributed by atoms with Crippen molar-refractivity contribution in [3.8, 4) is 22.9 Å². The van der Waals surface area contributed by atoms with Crippen molar-refractivity contribution in [2.45, 2.75) is 65.4 Å². The number of aromatic nitrogens is 2. The molecule has 1 heterocycles. The molecule has 1 unspecified atom stereocenters. The molecule has 39 heavy (non-hydrogen) atoms. The molecule has 0 saturated carbocycles.